The number of aldehydes is 1. The highest BCUT2D eigenvalue weighted by molar-refractivity contribution is 9.10. The van der Waals surface area contributed by atoms with Gasteiger partial charge in [-0.05, 0) is 38.5 Å². The van der Waals surface area contributed by atoms with Crippen molar-refractivity contribution >= 4 is 34.4 Å². The van der Waals surface area contributed by atoms with Gasteiger partial charge in [0.15, 0.2) is 6.29 Å². The molecular formula is C15H19BrN2O5. The zero-order chi connectivity index (χ0) is 17.5. The average molecular weight is 387 g/mol. The van der Waals surface area contributed by atoms with Gasteiger partial charge in [-0.2, -0.15) is 5.01 Å². The lowest BCUT2D eigenvalue weighted by atomic mass is 9.93. The average Bonchev–Trinajstić information content (AvgIpc) is 2.53. The Morgan fingerprint density at radius 2 is 1.78 bits per heavy atom. The highest BCUT2D eigenvalue weighted by Gasteiger charge is 2.40. The predicted octanol–water partition coefficient (Wildman–Crippen LogP) is 2.98. The molecule has 0 aliphatic heterocycles. The number of nitrogens with zero attached hydrogens (tertiary/aromatic N) is 1. The molecule has 0 radical (unpaired) electrons. The van der Waals surface area contributed by atoms with Crippen molar-refractivity contribution in [1.82, 2.24) is 10.4 Å². The Morgan fingerprint density at radius 1 is 1.22 bits per heavy atom. The molecule has 1 aromatic carbocycles. The highest BCUT2D eigenvalue weighted by atomic mass is 79.9. The summed E-state index contributed by atoms with van der Waals surface area (Å²) in [5, 5.41) is 0.824. The minimum Gasteiger partial charge on any atom is -0.449 e. The number of hydrogen-bond donors (Lipinski definition) is 1. The Bertz CT molecular complexity index is 563. The van der Waals surface area contributed by atoms with Crippen LogP contribution in [-0.2, 0) is 19.8 Å². The first-order valence-corrected chi connectivity index (χ1v) is 7.81. The molecule has 0 aromatic heterocycles. The van der Waals surface area contributed by atoms with Crippen molar-refractivity contribution in [2.45, 2.75) is 26.3 Å². The van der Waals surface area contributed by atoms with Crippen molar-refractivity contribution in [3.63, 3.8) is 0 Å². The molecule has 2 amide bonds. The summed E-state index contributed by atoms with van der Waals surface area (Å²) in [6.07, 6.45) is -1.16. The Balaban J connectivity index is 3.22. The lowest BCUT2D eigenvalue weighted by Gasteiger charge is -2.35. The van der Waals surface area contributed by atoms with E-state index < -0.39 is 17.7 Å². The van der Waals surface area contributed by atoms with E-state index in [0.29, 0.717) is 11.8 Å². The summed E-state index contributed by atoms with van der Waals surface area (Å²) in [5.41, 5.74) is 1.30. The number of halogens is 1. The third-order valence-corrected chi connectivity index (χ3v) is 3.58. The van der Waals surface area contributed by atoms with Gasteiger partial charge in [0, 0.05) is 4.47 Å². The lowest BCUT2D eigenvalue weighted by molar-refractivity contribution is -0.119. The van der Waals surface area contributed by atoms with E-state index in [-0.39, 0.29) is 13.2 Å². The minimum absolute atomic E-state index is 0.0924. The molecule has 23 heavy (non-hydrogen) atoms. The number of rotatable bonds is 5. The van der Waals surface area contributed by atoms with Crippen LogP contribution in [0.2, 0.25) is 0 Å². The van der Waals surface area contributed by atoms with Crippen molar-refractivity contribution < 1.29 is 23.9 Å². The number of ether oxygens (including phenoxy) is 2. The van der Waals surface area contributed by atoms with E-state index in [4.69, 9.17) is 9.47 Å². The zero-order valence-electron chi connectivity index (χ0n) is 13.2. The van der Waals surface area contributed by atoms with Crippen molar-refractivity contribution in [3.05, 3.63) is 34.3 Å². The van der Waals surface area contributed by atoms with Crippen molar-refractivity contribution in [2.75, 3.05) is 13.2 Å². The van der Waals surface area contributed by atoms with Gasteiger partial charge in [-0.1, -0.05) is 28.1 Å². The fourth-order valence-electron chi connectivity index (χ4n) is 1.83. The van der Waals surface area contributed by atoms with Crippen molar-refractivity contribution in [1.29, 1.82) is 0 Å². The van der Waals surface area contributed by atoms with E-state index in [2.05, 4.69) is 21.4 Å². The van der Waals surface area contributed by atoms with E-state index in [1.165, 1.54) is 6.92 Å². The van der Waals surface area contributed by atoms with Crippen LogP contribution in [0.4, 0.5) is 9.59 Å². The van der Waals surface area contributed by atoms with E-state index in [1.807, 2.05) is 0 Å². The number of nitrogens with one attached hydrogen (secondary N) is 1. The number of hydrazine groups is 1. The monoisotopic (exact) mass is 386 g/mol. The molecule has 126 valence electrons. The lowest BCUT2D eigenvalue weighted by Crippen LogP contribution is -2.58. The Morgan fingerprint density at radius 3 is 2.26 bits per heavy atom. The Labute approximate surface area is 143 Å². The van der Waals surface area contributed by atoms with E-state index in [9.17, 15) is 14.4 Å². The van der Waals surface area contributed by atoms with Crippen LogP contribution in [0.5, 0.6) is 0 Å². The molecule has 0 unspecified atom stereocenters. The molecule has 0 fully saturated rings. The van der Waals surface area contributed by atoms with Gasteiger partial charge < -0.3 is 14.3 Å². The van der Waals surface area contributed by atoms with Crippen molar-refractivity contribution in [2.24, 2.45) is 0 Å². The summed E-state index contributed by atoms with van der Waals surface area (Å²) in [5.74, 6) is 0. The molecule has 0 aliphatic carbocycles. The second kappa shape index (κ2) is 8.52. The predicted molar refractivity (Wildman–Crippen MR) is 86.6 cm³/mol. The van der Waals surface area contributed by atoms with Gasteiger partial charge in [-0.3, -0.25) is 0 Å². The minimum atomic E-state index is -1.46. The highest BCUT2D eigenvalue weighted by Crippen LogP contribution is 2.27. The third kappa shape index (κ3) is 4.69. The van der Waals surface area contributed by atoms with Gasteiger partial charge in [-0.25, -0.2) is 15.0 Å². The molecule has 0 aliphatic rings. The summed E-state index contributed by atoms with van der Waals surface area (Å²) in [6, 6.07) is 6.78. The Hall–Kier alpha value is -2.09. The van der Waals surface area contributed by atoms with Gasteiger partial charge in [0.25, 0.3) is 0 Å². The summed E-state index contributed by atoms with van der Waals surface area (Å²) in [4.78, 5) is 35.6. The standard InChI is InChI=1S/C15H19BrN2O5/c1-4-22-13(20)17-18(14(21)23-5-2)15(3,10-19)11-6-8-12(16)9-7-11/h6-10H,4-5H2,1-3H3,(H,17,20)/t15-/m1/s1. The molecule has 1 N–H and O–H groups in total. The molecule has 0 saturated heterocycles. The molecule has 0 saturated carbocycles. The van der Waals surface area contributed by atoms with E-state index in [1.54, 1.807) is 38.1 Å². The van der Waals surface area contributed by atoms with Crippen LogP contribution < -0.4 is 5.43 Å². The first-order valence-electron chi connectivity index (χ1n) is 7.01. The van der Waals surface area contributed by atoms with Gasteiger partial charge in [0.2, 0.25) is 0 Å². The molecule has 0 bridgehead atoms. The number of amides is 2. The molecule has 1 rings (SSSR count). The molecule has 1 atom stereocenters. The van der Waals surface area contributed by atoms with Gasteiger partial charge in [0.05, 0.1) is 13.2 Å². The van der Waals surface area contributed by atoms with Crippen LogP contribution >= 0.6 is 15.9 Å². The largest absolute Gasteiger partial charge is 0.449 e. The molecule has 7 nitrogen and oxygen atoms in total. The van der Waals surface area contributed by atoms with Crippen molar-refractivity contribution in [3.8, 4) is 0 Å². The van der Waals surface area contributed by atoms with Gasteiger partial charge in [0.1, 0.15) is 5.54 Å². The SMILES string of the molecule is CCOC(=O)NN(C(=O)OCC)[C@](C)(C=O)c1ccc(Br)cc1. The topological polar surface area (TPSA) is 84.9 Å². The maximum absolute atomic E-state index is 12.2. The summed E-state index contributed by atoms with van der Waals surface area (Å²) < 4.78 is 10.5. The molecular weight excluding hydrogens is 368 g/mol. The number of carbonyl (C=O) groups is 3. The number of carbonyl (C=O) groups excluding carboxylic acids is 3. The zero-order valence-corrected chi connectivity index (χ0v) is 14.8. The van der Waals surface area contributed by atoms with E-state index >= 15 is 0 Å². The summed E-state index contributed by atoms with van der Waals surface area (Å²) >= 11 is 3.30. The van der Waals surface area contributed by atoms with Crippen LogP contribution in [0.25, 0.3) is 0 Å². The number of hydrogen-bond acceptors (Lipinski definition) is 5. The normalized spacial score (nSPS) is 12.7. The molecule has 1 aromatic rings. The third-order valence-electron chi connectivity index (χ3n) is 3.05. The fourth-order valence-corrected chi connectivity index (χ4v) is 2.10. The Kier molecular flexibility index (Phi) is 7.02. The fraction of sp³-hybridized carbons (Fsp3) is 0.400. The van der Waals surface area contributed by atoms with Crippen LogP contribution in [0.1, 0.15) is 26.3 Å². The first kappa shape index (κ1) is 19.0. The molecule has 0 spiro atoms. The summed E-state index contributed by atoms with van der Waals surface area (Å²) in [7, 11) is 0. The van der Waals surface area contributed by atoms with E-state index in [0.717, 1.165) is 9.48 Å². The quantitative estimate of drug-likeness (QED) is 0.620. The molecule has 8 heteroatoms. The van der Waals surface area contributed by atoms with Crippen LogP contribution in [0, 0.1) is 0 Å². The first-order chi connectivity index (χ1) is 10.9. The van der Waals surface area contributed by atoms with Gasteiger partial charge >= 0.3 is 12.2 Å². The summed E-state index contributed by atoms with van der Waals surface area (Å²) in [6.45, 7) is 4.96. The second-order valence-corrected chi connectivity index (χ2v) is 5.55. The molecule has 0 heterocycles. The van der Waals surface area contributed by atoms with Crippen LogP contribution in [0.15, 0.2) is 28.7 Å². The number of benzene rings is 1. The van der Waals surface area contributed by atoms with Crippen LogP contribution in [0.3, 0.4) is 0 Å². The van der Waals surface area contributed by atoms with Crippen LogP contribution in [-0.4, -0.2) is 36.7 Å². The maximum Gasteiger partial charge on any atom is 0.430 e. The van der Waals surface area contributed by atoms with Gasteiger partial charge in [-0.15, -0.1) is 0 Å². The smallest absolute Gasteiger partial charge is 0.430 e. The maximum atomic E-state index is 12.2. The second-order valence-electron chi connectivity index (χ2n) is 4.64.